The predicted molar refractivity (Wildman–Crippen MR) is 107 cm³/mol. The van der Waals surface area contributed by atoms with Gasteiger partial charge in [0, 0.05) is 28.3 Å². The highest BCUT2D eigenvalue weighted by Crippen LogP contribution is 2.43. The second-order valence-electron chi connectivity index (χ2n) is 6.67. The average molecular weight is 371 g/mol. The number of pyridine rings is 1. The van der Waals surface area contributed by atoms with Gasteiger partial charge >= 0.3 is 5.97 Å². The molecule has 1 aliphatic rings. The highest BCUT2D eigenvalue weighted by atomic mass is 16.5. The fraction of sp³-hybridized carbons (Fsp3) is 0.130. The van der Waals surface area contributed by atoms with Crippen LogP contribution in [0, 0.1) is 0 Å². The third-order valence-corrected chi connectivity index (χ3v) is 5.19. The summed E-state index contributed by atoms with van der Waals surface area (Å²) in [5, 5.41) is 2.86. The van der Waals surface area contributed by atoms with Gasteiger partial charge in [0.05, 0.1) is 25.3 Å². The lowest BCUT2D eigenvalue weighted by Gasteiger charge is -2.15. The van der Waals surface area contributed by atoms with E-state index in [0.717, 1.165) is 38.4 Å². The molecule has 1 aromatic heterocycles. The van der Waals surface area contributed by atoms with E-state index in [1.54, 1.807) is 20.4 Å². The zero-order valence-electron chi connectivity index (χ0n) is 15.5. The summed E-state index contributed by atoms with van der Waals surface area (Å²) in [6, 6.07) is 15.7. The van der Waals surface area contributed by atoms with Gasteiger partial charge in [-0.15, -0.1) is 0 Å². The zero-order valence-corrected chi connectivity index (χ0v) is 15.5. The van der Waals surface area contributed by atoms with Crippen LogP contribution in [-0.4, -0.2) is 25.2 Å². The van der Waals surface area contributed by atoms with Gasteiger partial charge in [0.25, 0.3) is 0 Å². The van der Waals surface area contributed by atoms with Crippen molar-refractivity contribution in [3.05, 3.63) is 65.9 Å². The molecule has 0 spiro atoms. The Morgan fingerprint density at radius 2 is 1.71 bits per heavy atom. The van der Waals surface area contributed by atoms with E-state index in [1.165, 1.54) is 0 Å². The molecule has 5 heteroatoms. The number of benzene rings is 3. The minimum atomic E-state index is -0.311. The third kappa shape index (κ3) is 2.33. The lowest BCUT2D eigenvalue weighted by atomic mass is 9.89. The lowest BCUT2D eigenvalue weighted by molar-refractivity contribution is 0.0535. The second kappa shape index (κ2) is 6.23. The molecule has 2 heterocycles. The SMILES string of the molecule is COc1cc2cc3c(c(-c4cccc5cccnc45)c2cc1OC)C(=O)OC3. The van der Waals surface area contributed by atoms with E-state index in [4.69, 9.17) is 14.2 Å². The van der Waals surface area contributed by atoms with Crippen LogP contribution in [0.1, 0.15) is 15.9 Å². The molecule has 0 atom stereocenters. The van der Waals surface area contributed by atoms with Crippen LogP contribution in [0.5, 0.6) is 11.5 Å². The van der Waals surface area contributed by atoms with E-state index in [-0.39, 0.29) is 12.6 Å². The molecule has 0 aliphatic carbocycles. The molecule has 5 nitrogen and oxygen atoms in total. The fourth-order valence-corrected chi connectivity index (χ4v) is 3.93. The summed E-state index contributed by atoms with van der Waals surface area (Å²) in [6.07, 6.45) is 1.76. The molecule has 0 fully saturated rings. The Hall–Kier alpha value is -3.60. The standard InChI is InChI=1S/C23H17NO4/c1-26-18-10-14-9-15-12-28-23(25)20(15)21(17(14)11-19(18)27-2)16-7-3-5-13-6-4-8-24-22(13)16/h3-11H,12H2,1-2H3. The molecular formula is C23H17NO4. The minimum Gasteiger partial charge on any atom is -0.493 e. The molecule has 3 aromatic carbocycles. The number of para-hydroxylation sites is 1. The van der Waals surface area contributed by atoms with Crippen LogP contribution in [0.3, 0.4) is 0 Å². The average Bonchev–Trinajstić information content (AvgIpc) is 3.11. The monoisotopic (exact) mass is 371 g/mol. The van der Waals surface area contributed by atoms with E-state index >= 15 is 0 Å². The van der Waals surface area contributed by atoms with Crippen molar-refractivity contribution in [3.63, 3.8) is 0 Å². The Balaban J connectivity index is 1.96. The Kier molecular flexibility index (Phi) is 3.69. The second-order valence-corrected chi connectivity index (χ2v) is 6.67. The number of ether oxygens (including phenoxy) is 3. The van der Waals surface area contributed by atoms with Crippen molar-refractivity contribution in [3.8, 4) is 22.6 Å². The minimum absolute atomic E-state index is 0.268. The number of nitrogens with zero attached hydrogens (tertiary/aromatic N) is 1. The van der Waals surface area contributed by atoms with Gasteiger partial charge in [-0.1, -0.05) is 24.3 Å². The lowest BCUT2D eigenvalue weighted by Crippen LogP contribution is -2.00. The largest absolute Gasteiger partial charge is 0.493 e. The number of carbonyl (C=O) groups excluding carboxylic acids is 1. The first-order chi connectivity index (χ1) is 13.7. The van der Waals surface area contributed by atoms with Crippen molar-refractivity contribution in [2.75, 3.05) is 14.2 Å². The normalized spacial score (nSPS) is 12.9. The van der Waals surface area contributed by atoms with Gasteiger partial charge in [-0.3, -0.25) is 4.98 Å². The first-order valence-electron chi connectivity index (χ1n) is 8.94. The predicted octanol–water partition coefficient (Wildman–Crippen LogP) is 4.74. The molecule has 28 heavy (non-hydrogen) atoms. The summed E-state index contributed by atoms with van der Waals surface area (Å²) in [4.78, 5) is 17.2. The smallest absolute Gasteiger partial charge is 0.339 e. The van der Waals surface area contributed by atoms with Crippen molar-refractivity contribution >= 4 is 27.6 Å². The molecule has 0 bridgehead atoms. The molecule has 0 N–H and O–H groups in total. The summed E-state index contributed by atoms with van der Waals surface area (Å²) in [6.45, 7) is 0.268. The van der Waals surface area contributed by atoms with Crippen molar-refractivity contribution < 1.29 is 19.0 Å². The quantitative estimate of drug-likeness (QED) is 0.487. The number of aromatic nitrogens is 1. The van der Waals surface area contributed by atoms with Crippen molar-refractivity contribution in [2.45, 2.75) is 6.61 Å². The molecule has 0 radical (unpaired) electrons. The van der Waals surface area contributed by atoms with Crippen LogP contribution in [-0.2, 0) is 11.3 Å². The molecule has 5 rings (SSSR count). The van der Waals surface area contributed by atoms with Crippen molar-refractivity contribution in [2.24, 2.45) is 0 Å². The van der Waals surface area contributed by atoms with E-state index < -0.39 is 0 Å². The van der Waals surface area contributed by atoms with Crippen molar-refractivity contribution in [1.29, 1.82) is 0 Å². The van der Waals surface area contributed by atoms with Gasteiger partial charge in [-0.25, -0.2) is 4.79 Å². The molecule has 0 unspecified atom stereocenters. The van der Waals surface area contributed by atoms with Gasteiger partial charge in [0.1, 0.15) is 6.61 Å². The van der Waals surface area contributed by atoms with Crippen LogP contribution in [0.15, 0.2) is 54.7 Å². The first kappa shape index (κ1) is 16.6. The van der Waals surface area contributed by atoms with Crippen LogP contribution < -0.4 is 9.47 Å². The van der Waals surface area contributed by atoms with Crippen LogP contribution in [0.2, 0.25) is 0 Å². The number of rotatable bonds is 3. The van der Waals surface area contributed by atoms with Gasteiger partial charge in [0.15, 0.2) is 11.5 Å². The summed E-state index contributed by atoms with van der Waals surface area (Å²) >= 11 is 0. The highest BCUT2D eigenvalue weighted by Gasteiger charge is 2.29. The number of carbonyl (C=O) groups is 1. The number of fused-ring (bicyclic) bond motifs is 3. The molecule has 0 saturated carbocycles. The van der Waals surface area contributed by atoms with Crippen molar-refractivity contribution in [1.82, 2.24) is 4.98 Å². The maximum Gasteiger partial charge on any atom is 0.339 e. The van der Waals surface area contributed by atoms with Crippen LogP contribution >= 0.6 is 0 Å². The van der Waals surface area contributed by atoms with Gasteiger partial charge in [-0.05, 0) is 35.0 Å². The topological polar surface area (TPSA) is 57.7 Å². The number of hydrogen-bond donors (Lipinski definition) is 0. The summed E-state index contributed by atoms with van der Waals surface area (Å²) in [5.41, 5.74) is 4.02. The molecule has 1 aliphatic heterocycles. The van der Waals surface area contributed by atoms with Gasteiger partial charge in [-0.2, -0.15) is 0 Å². The third-order valence-electron chi connectivity index (χ3n) is 5.19. The van der Waals surface area contributed by atoms with E-state index in [0.29, 0.717) is 17.1 Å². The molecule has 138 valence electrons. The first-order valence-corrected chi connectivity index (χ1v) is 8.94. The summed E-state index contributed by atoms with van der Waals surface area (Å²) in [7, 11) is 3.21. The molecular weight excluding hydrogens is 354 g/mol. The Morgan fingerprint density at radius 3 is 2.54 bits per heavy atom. The Labute approximate surface area is 161 Å². The number of methoxy groups -OCH3 is 2. The maximum atomic E-state index is 12.6. The fourth-order valence-electron chi connectivity index (χ4n) is 3.93. The van der Waals surface area contributed by atoms with E-state index in [1.807, 2.05) is 48.5 Å². The highest BCUT2D eigenvalue weighted by molar-refractivity contribution is 6.14. The summed E-state index contributed by atoms with van der Waals surface area (Å²) < 4.78 is 16.3. The van der Waals surface area contributed by atoms with Gasteiger partial charge < -0.3 is 14.2 Å². The van der Waals surface area contributed by atoms with Crippen LogP contribution in [0.4, 0.5) is 0 Å². The maximum absolute atomic E-state index is 12.6. The number of cyclic esters (lactones) is 1. The number of hydrogen-bond acceptors (Lipinski definition) is 5. The number of esters is 1. The molecule has 0 amide bonds. The Bertz CT molecular complexity index is 1260. The Morgan fingerprint density at radius 1 is 0.929 bits per heavy atom. The molecule has 0 saturated heterocycles. The van der Waals surface area contributed by atoms with E-state index in [9.17, 15) is 4.79 Å². The zero-order chi connectivity index (χ0) is 19.3. The summed E-state index contributed by atoms with van der Waals surface area (Å²) in [5.74, 6) is 0.938. The van der Waals surface area contributed by atoms with Crippen LogP contribution in [0.25, 0.3) is 32.8 Å². The molecule has 4 aromatic rings. The van der Waals surface area contributed by atoms with Gasteiger partial charge in [0.2, 0.25) is 0 Å². The van der Waals surface area contributed by atoms with E-state index in [2.05, 4.69) is 4.98 Å².